The van der Waals surface area contributed by atoms with Crippen LogP contribution in [0, 0.1) is 0 Å². The van der Waals surface area contributed by atoms with Gasteiger partial charge in [0.25, 0.3) is 0 Å². The van der Waals surface area contributed by atoms with Gasteiger partial charge in [-0.2, -0.15) is 0 Å². The molecule has 0 heterocycles. The van der Waals surface area contributed by atoms with Crippen molar-refractivity contribution in [3.8, 4) is 0 Å². The van der Waals surface area contributed by atoms with Crippen LogP contribution in [0.2, 0.25) is 0 Å². The highest BCUT2D eigenvalue weighted by Gasteiger charge is 2.02. The molecule has 0 aliphatic rings. The Morgan fingerprint density at radius 3 is 1.83 bits per heavy atom. The Bertz CT molecular complexity index is 153. The van der Waals surface area contributed by atoms with E-state index in [1.807, 2.05) is 0 Å². The van der Waals surface area contributed by atoms with Gasteiger partial charge in [0.15, 0.2) is 0 Å². The van der Waals surface area contributed by atoms with Crippen molar-refractivity contribution in [1.29, 1.82) is 0 Å². The van der Waals surface area contributed by atoms with Crippen molar-refractivity contribution in [3.05, 3.63) is 0 Å². The zero-order chi connectivity index (χ0) is 13.5. The standard InChI is InChI=1S/C13H30N2O3/c16-11-7-14-6-4-2-1-3-5-8-15(9-12-17)10-13-18/h14,16-18H,1-13H2. The van der Waals surface area contributed by atoms with Crippen LogP contribution < -0.4 is 5.32 Å². The van der Waals surface area contributed by atoms with Crippen molar-refractivity contribution in [2.75, 3.05) is 52.5 Å². The van der Waals surface area contributed by atoms with Gasteiger partial charge in [-0.25, -0.2) is 0 Å². The van der Waals surface area contributed by atoms with Crippen LogP contribution in [0.5, 0.6) is 0 Å². The topological polar surface area (TPSA) is 76.0 Å². The van der Waals surface area contributed by atoms with Gasteiger partial charge < -0.3 is 20.6 Å². The van der Waals surface area contributed by atoms with E-state index >= 15 is 0 Å². The van der Waals surface area contributed by atoms with Gasteiger partial charge >= 0.3 is 0 Å². The summed E-state index contributed by atoms with van der Waals surface area (Å²) >= 11 is 0. The van der Waals surface area contributed by atoms with Crippen molar-refractivity contribution in [1.82, 2.24) is 10.2 Å². The molecule has 0 fully saturated rings. The van der Waals surface area contributed by atoms with Crippen molar-refractivity contribution >= 4 is 0 Å². The van der Waals surface area contributed by atoms with Crippen molar-refractivity contribution in [2.45, 2.75) is 32.1 Å². The predicted molar refractivity (Wildman–Crippen MR) is 73.7 cm³/mol. The number of hydrogen-bond acceptors (Lipinski definition) is 5. The van der Waals surface area contributed by atoms with Gasteiger partial charge in [0, 0.05) is 19.6 Å². The highest BCUT2D eigenvalue weighted by Crippen LogP contribution is 2.03. The molecule has 0 aromatic carbocycles. The molecule has 0 aromatic heterocycles. The van der Waals surface area contributed by atoms with E-state index in [-0.39, 0.29) is 19.8 Å². The summed E-state index contributed by atoms with van der Waals surface area (Å²) in [4.78, 5) is 2.10. The SMILES string of the molecule is OCCNCCCCCCCN(CCO)CCO. The molecule has 5 heteroatoms. The van der Waals surface area contributed by atoms with E-state index in [0.29, 0.717) is 19.6 Å². The first kappa shape index (κ1) is 17.8. The number of nitrogens with zero attached hydrogens (tertiary/aromatic N) is 1. The zero-order valence-electron chi connectivity index (χ0n) is 11.5. The molecule has 0 spiro atoms. The molecule has 0 rings (SSSR count). The summed E-state index contributed by atoms with van der Waals surface area (Å²) < 4.78 is 0. The average Bonchev–Trinajstić information content (AvgIpc) is 2.37. The maximum Gasteiger partial charge on any atom is 0.0558 e. The van der Waals surface area contributed by atoms with E-state index in [1.165, 1.54) is 19.3 Å². The quantitative estimate of drug-likeness (QED) is 0.326. The fourth-order valence-corrected chi connectivity index (χ4v) is 1.94. The Kier molecular flexibility index (Phi) is 14.7. The third kappa shape index (κ3) is 12.3. The minimum atomic E-state index is 0.163. The number of aliphatic hydroxyl groups is 3. The van der Waals surface area contributed by atoms with Crippen molar-refractivity contribution in [3.63, 3.8) is 0 Å². The van der Waals surface area contributed by atoms with E-state index < -0.39 is 0 Å². The lowest BCUT2D eigenvalue weighted by molar-refractivity contribution is 0.159. The van der Waals surface area contributed by atoms with Gasteiger partial charge in [0.05, 0.1) is 19.8 Å². The molecule has 0 bridgehead atoms. The van der Waals surface area contributed by atoms with Crippen LogP contribution in [0.4, 0.5) is 0 Å². The zero-order valence-corrected chi connectivity index (χ0v) is 11.5. The summed E-state index contributed by atoms with van der Waals surface area (Å²) in [7, 11) is 0. The van der Waals surface area contributed by atoms with Gasteiger partial charge in [-0.1, -0.05) is 19.3 Å². The van der Waals surface area contributed by atoms with Crippen LogP contribution >= 0.6 is 0 Å². The second kappa shape index (κ2) is 14.9. The summed E-state index contributed by atoms with van der Waals surface area (Å²) in [5.41, 5.74) is 0. The Balaban J connectivity index is 3.21. The monoisotopic (exact) mass is 262 g/mol. The third-order valence-electron chi connectivity index (χ3n) is 2.95. The summed E-state index contributed by atoms with van der Waals surface area (Å²) in [6.45, 7) is 4.50. The molecule has 110 valence electrons. The molecule has 0 amide bonds. The second-order valence-electron chi connectivity index (χ2n) is 4.53. The minimum Gasteiger partial charge on any atom is -0.395 e. The van der Waals surface area contributed by atoms with E-state index in [2.05, 4.69) is 10.2 Å². The number of unbranched alkanes of at least 4 members (excludes halogenated alkanes) is 4. The number of aliphatic hydroxyl groups excluding tert-OH is 3. The average molecular weight is 262 g/mol. The normalized spacial score (nSPS) is 11.3. The van der Waals surface area contributed by atoms with E-state index in [0.717, 1.165) is 25.9 Å². The Labute approximate surface area is 111 Å². The Morgan fingerprint density at radius 2 is 1.22 bits per heavy atom. The van der Waals surface area contributed by atoms with Gasteiger partial charge in [0.2, 0.25) is 0 Å². The Morgan fingerprint density at radius 1 is 0.611 bits per heavy atom. The number of nitrogens with one attached hydrogen (secondary N) is 1. The summed E-state index contributed by atoms with van der Waals surface area (Å²) in [6, 6.07) is 0. The maximum atomic E-state index is 8.86. The summed E-state index contributed by atoms with van der Waals surface area (Å²) in [5.74, 6) is 0. The van der Waals surface area contributed by atoms with Crippen LogP contribution in [-0.2, 0) is 0 Å². The summed E-state index contributed by atoms with van der Waals surface area (Å²) in [5, 5.41) is 29.5. The van der Waals surface area contributed by atoms with Crippen molar-refractivity contribution in [2.24, 2.45) is 0 Å². The fourth-order valence-electron chi connectivity index (χ4n) is 1.94. The maximum absolute atomic E-state index is 8.86. The first-order chi connectivity index (χ1) is 8.85. The molecule has 0 atom stereocenters. The molecule has 4 N–H and O–H groups in total. The predicted octanol–water partition coefficient (Wildman–Crippen LogP) is -0.195. The highest BCUT2D eigenvalue weighted by molar-refractivity contribution is 4.57. The smallest absolute Gasteiger partial charge is 0.0558 e. The van der Waals surface area contributed by atoms with Crippen LogP contribution in [0.15, 0.2) is 0 Å². The molecule has 0 radical (unpaired) electrons. The van der Waals surface area contributed by atoms with Crippen LogP contribution in [0.1, 0.15) is 32.1 Å². The molecule has 0 saturated carbocycles. The van der Waals surface area contributed by atoms with E-state index in [4.69, 9.17) is 15.3 Å². The molecule has 0 saturated heterocycles. The molecular weight excluding hydrogens is 232 g/mol. The first-order valence-electron chi connectivity index (χ1n) is 7.10. The lowest BCUT2D eigenvalue weighted by atomic mass is 10.1. The lowest BCUT2D eigenvalue weighted by Gasteiger charge is -2.19. The molecule has 18 heavy (non-hydrogen) atoms. The first-order valence-corrected chi connectivity index (χ1v) is 7.10. The van der Waals surface area contributed by atoms with Crippen LogP contribution in [0.3, 0.4) is 0 Å². The molecular formula is C13H30N2O3. The molecule has 0 unspecified atom stereocenters. The third-order valence-corrected chi connectivity index (χ3v) is 2.95. The summed E-state index contributed by atoms with van der Waals surface area (Å²) in [6.07, 6.45) is 5.94. The molecule has 5 nitrogen and oxygen atoms in total. The van der Waals surface area contributed by atoms with Gasteiger partial charge in [-0.15, -0.1) is 0 Å². The molecule has 0 aromatic rings. The van der Waals surface area contributed by atoms with Gasteiger partial charge in [-0.05, 0) is 25.9 Å². The minimum absolute atomic E-state index is 0.163. The van der Waals surface area contributed by atoms with Crippen LogP contribution in [0.25, 0.3) is 0 Å². The van der Waals surface area contributed by atoms with Gasteiger partial charge in [-0.3, -0.25) is 4.90 Å². The number of rotatable bonds is 14. The second-order valence-corrected chi connectivity index (χ2v) is 4.53. The largest absolute Gasteiger partial charge is 0.395 e. The van der Waals surface area contributed by atoms with Crippen LogP contribution in [-0.4, -0.2) is 72.8 Å². The highest BCUT2D eigenvalue weighted by atomic mass is 16.3. The van der Waals surface area contributed by atoms with Gasteiger partial charge in [0.1, 0.15) is 0 Å². The molecule has 0 aliphatic carbocycles. The lowest BCUT2D eigenvalue weighted by Crippen LogP contribution is -2.30. The Hall–Kier alpha value is -0.200. The van der Waals surface area contributed by atoms with E-state index in [9.17, 15) is 0 Å². The molecule has 0 aliphatic heterocycles. The number of hydrogen-bond donors (Lipinski definition) is 4. The fraction of sp³-hybridized carbons (Fsp3) is 1.00. The van der Waals surface area contributed by atoms with Crippen molar-refractivity contribution < 1.29 is 15.3 Å². The van der Waals surface area contributed by atoms with E-state index in [1.54, 1.807) is 0 Å².